The van der Waals surface area contributed by atoms with Crippen molar-refractivity contribution in [3.05, 3.63) is 35.4 Å². The van der Waals surface area contributed by atoms with Crippen LogP contribution >= 0.6 is 11.6 Å². The second-order valence-electron chi connectivity index (χ2n) is 3.66. The largest absolute Gasteiger partial charge is 0.340 e. The van der Waals surface area contributed by atoms with Gasteiger partial charge in [-0.1, -0.05) is 6.07 Å². The van der Waals surface area contributed by atoms with E-state index in [1.807, 2.05) is 13.0 Å². The molecule has 1 rings (SSSR count). The smallest absolute Gasteiger partial charge is 0.253 e. The standard InChI is InChI=1S/C12H13ClN2O/c1-9(13)8-15(2)12(16)11-5-3-4-10(6-11)7-14/h3-6,9H,8H2,1-2H3. The third kappa shape index (κ3) is 3.25. The van der Waals surface area contributed by atoms with Crippen LogP contribution in [0.2, 0.25) is 0 Å². The third-order valence-corrected chi connectivity index (χ3v) is 2.25. The van der Waals surface area contributed by atoms with Gasteiger partial charge in [-0.05, 0) is 25.1 Å². The normalized spacial score (nSPS) is 11.6. The predicted molar refractivity (Wildman–Crippen MR) is 63.4 cm³/mol. The van der Waals surface area contributed by atoms with Crippen LogP contribution in [-0.4, -0.2) is 29.8 Å². The molecule has 1 aromatic carbocycles. The van der Waals surface area contributed by atoms with Crippen molar-refractivity contribution >= 4 is 17.5 Å². The number of rotatable bonds is 3. The van der Waals surface area contributed by atoms with Gasteiger partial charge in [-0.15, -0.1) is 11.6 Å². The van der Waals surface area contributed by atoms with Crippen LogP contribution in [0.1, 0.15) is 22.8 Å². The Kier molecular flexibility index (Phi) is 4.33. The van der Waals surface area contributed by atoms with E-state index in [0.717, 1.165) is 0 Å². The molecule has 3 nitrogen and oxygen atoms in total. The molecule has 84 valence electrons. The van der Waals surface area contributed by atoms with Gasteiger partial charge in [0.2, 0.25) is 0 Å². The third-order valence-electron chi connectivity index (χ3n) is 2.11. The van der Waals surface area contributed by atoms with Crippen LogP contribution in [-0.2, 0) is 0 Å². The van der Waals surface area contributed by atoms with E-state index in [0.29, 0.717) is 17.7 Å². The van der Waals surface area contributed by atoms with Gasteiger partial charge >= 0.3 is 0 Å². The van der Waals surface area contributed by atoms with Crippen molar-refractivity contribution in [2.75, 3.05) is 13.6 Å². The lowest BCUT2D eigenvalue weighted by molar-refractivity contribution is 0.0796. The molecular formula is C12H13ClN2O. The van der Waals surface area contributed by atoms with Crippen molar-refractivity contribution in [3.63, 3.8) is 0 Å². The molecule has 0 radical (unpaired) electrons. The monoisotopic (exact) mass is 236 g/mol. The van der Waals surface area contributed by atoms with Gasteiger partial charge in [-0.3, -0.25) is 4.79 Å². The second-order valence-corrected chi connectivity index (χ2v) is 4.40. The molecule has 0 saturated carbocycles. The van der Waals surface area contributed by atoms with E-state index in [2.05, 4.69) is 0 Å². The zero-order valence-electron chi connectivity index (χ0n) is 9.27. The van der Waals surface area contributed by atoms with E-state index in [1.54, 1.807) is 36.2 Å². The number of alkyl halides is 1. The highest BCUT2D eigenvalue weighted by molar-refractivity contribution is 6.20. The van der Waals surface area contributed by atoms with E-state index in [1.165, 1.54) is 0 Å². The molecule has 0 N–H and O–H groups in total. The molecule has 0 heterocycles. The number of amides is 1. The highest BCUT2D eigenvalue weighted by Crippen LogP contribution is 2.08. The lowest BCUT2D eigenvalue weighted by atomic mass is 10.1. The fourth-order valence-electron chi connectivity index (χ4n) is 1.40. The van der Waals surface area contributed by atoms with Gasteiger partial charge in [0.05, 0.1) is 11.6 Å². The van der Waals surface area contributed by atoms with Crippen molar-refractivity contribution in [2.24, 2.45) is 0 Å². The minimum Gasteiger partial charge on any atom is -0.340 e. The predicted octanol–water partition coefficient (Wildman–Crippen LogP) is 2.26. The molecule has 1 unspecified atom stereocenters. The highest BCUT2D eigenvalue weighted by Gasteiger charge is 2.13. The van der Waals surface area contributed by atoms with E-state index in [-0.39, 0.29) is 11.3 Å². The minimum absolute atomic E-state index is 0.0897. The Morgan fingerprint density at radius 2 is 2.31 bits per heavy atom. The Hall–Kier alpha value is -1.53. The number of nitrogens with zero attached hydrogens (tertiary/aromatic N) is 2. The van der Waals surface area contributed by atoms with Crippen molar-refractivity contribution in [2.45, 2.75) is 12.3 Å². The minimum atomic E-state index is -0.121. The summed E-state index contributed by atoms with van der Waals surface area (Å²) in [5.41, 5.74) is 0.997. The van der Waals surface area contributed by atoms with Crippen molar-refractivity contribution in [1.29, 1.82) is 5.26 Å². The number of nitriles is 1. The number of hydrogen-bond acceptors (Lipinski definition) is 2. The molecule has 4 heteroatoms. The van der Waals surface area contributed by atoms with E-state index < -0.39 is 0 Å². The molecule has 16 heavy (non-hydrogen) atoms. The first-order chi connectivity index (χ1) is 7.54. The van der Waals surface area contributed by atoms with Crippen LogP contribution in [0.25, 0.3) is 0 Å². The molecule has 1 aromatic rings. The molecule has 1 amide bonds. The maximum atomic E-state index is 11.9. The molecule has 0 bridgehead atoms. The summed E-state index contributed by atoms with van der Waals surface area (Å²) in [6.07, 6.45) is 0. The zero-order valence-corrected chi connectivity index (χ0v) is 10.0. The first-order valence-electron chi connectivity index (χ1n) is 4.94. The molecule has 0 saturated heterocycles. The van der Waals surface area contributed by atoms with Crippen molar-refractivity contribution in [3.8, 4) is 6.07 Å². The lowest BCUT2D eigenvalue weighted by Crippen LogP contribution is -2.31. The van der Waals surface area contributed by atoms with Crippen LogP contribution in [0.15, 0.2) is 24.3 Å². The summed E-state index contributed by atoms with van der Waals surface area (Å²) in [6, 6.07) is 8.65. The number of carbonyl (C=O) groups excluding carboxylic acids is 1. The maximum absolute atomic E-state index is 11.9. The van der Waals surface area contributed by atoms with Crippen molar-refractivity contribution in [1.82, 2.24) is 4.90 Å². The Balaban J connectivity index is 2.84. The molecular weight excluding hydrogens is 224 g/mol. The number of halogens is 1. The summed E-state index contributed by atoms with van der Waals surface area (Å²) in [4.78, 5) is 13.5. The number of carbonyl (C=O) groups is 1. The molecule has 1 atom stereocenters. The van der Waals surface area contributed by atoms with Gasteiger partial charge in [0.1, 0.15) is 0 Å². The molecule has 0 aliphatic heterocycles. The average molecular weight is 237 g/mol. The van der Waals surface area contributed by atoms with E-state index in [4.69, 9.17) is 16.9 Å². The number of hydrogen-bond donors (Lipinski definition) is 0. The summed E-state index contributed by atoms with van der Waals surface area (Å²) >= 11 is 5.82. The SMILES string of the molecule is CC(Cl)CN(C)C(=O)c1cccc(C#N)c1. The van der Waals surface area contributed by atoms with Gasteiger partial charge in [0.25, 0.3) is 5.91 Å². The van der Waals surface area contributed by atoms with Gasteiger partial charge < -0.3 is 4.90 Å². The summed E-state index contributed by atoms with van der Waals surface area (Å²) in [5.74, 6) is -0.121. The zero-order chi connectivity index (χ0) is 12.1. The topological polar surface area (TPSA) is 44.1 Å². The van der Waals surface area contributed by atoms with Gasteiger partial charge in [-0.25, -0.2) is 0 Å². The Bertz CT molecular complexity index is 423. The number of benzene rings is 1. The van der Waals surface area contributed by atoms with E-state index in [9.17, 15) is 4.79 Å². The molecule has 0 spiro atoms. The maximum Gasteiger partial charge on any atom is 0.253 e. The fraction of sp³-hybridized carbons (Fsp3) is 0.333. The molecule has 0 aliphatic carbocycles. The van der Waals surface area contributed by atoms with Crippen LogP contribution in [0.3, 0.4) is 0 Å². The second kappa shape index (κ2) is 5.53. The average Bonchev–Trinajstić information content (AvgIpc) is 2.27. The molecule has 0 aliphatic rings. The van der Waals surface area contributed by atoms with Gasteiger partial charge in [0.15, 0.2) is 0 Å². The van der Waals surface area contributed by atoms with Crippen LogP contribution < -0.4 is 0 Å². The first kappa shape index (κ1) is 12.5. The Labute approximate surface area is 100 Å². The summed E-state index contributed by atoms with van der Waals surface area (Å²) in [5, 5.41) is 8.64. The fourth-order valence-corrected chi connectivity index (χ4v) is 1.61. The lowest BCUT2D eigenvalue weighted by Gasteiger charge is -2.18. The quantitative estimate of drug-likeness (QED) is 0.756. The summed E-state index contributed by atoms with van der Waals surface area (Å²) in [7, 11) is 1.69. The van der Waals surface area contributed by atoms with Crippen molar-refractivity contribution < 1.29 is 4.79 Å². The van der Waals surface area contributed by atoms with Crippen LogP contribution in [0.4, 0.5) is 0 Å². The van der Waals surface area contributed by atoms with Crippen LogP contribution in [0, 0.1) is 11.3 Å². The van der Waals surface area contributed by atoms with E-state index >= 15 is 0 Å². The van der Waals surface area contributed by atoms with Gasteiger partial charge in [0, 0.05) is 24.5 Å². The summed E-state index contributed by atoms with van der Waals surface area (Å²) in [6.45, 7) is 2.31. The Morgan fingerprint density at radius 3 is 2.88 bits per heavy atom. The highest BCUT2D eigenvalue weighted by atomic mass is 35.5. The Morgan fingerprint density at radius 1 is 1.62 bits per heavy atom. The first-order valence-corrected chi connectivity index (χ1v) is 5.38. The summed E-state index contributed by atoms with van der Waals surface area (Å²) < 4.78 is 0. The molecule has 0 fully saturated rings. The van der Waals surface area contributed by atoms with Crippen LogP contribution in [0.5, 0.6) is 0 Å². The molecule has 0 aromatic heterocycles. The van der Waals surface area contributed by atoms with Gasteiger partial charge in [-0.2, -0.15) is 5.26 Å².